The van der Waals surface area contributed by atoms with Crippen LogP contribution in [0, 0.1) is 0 Å². The number of ether oxygens (including phenoxy) is 1. The normalized spacial score (nSPS) is 19.9. The number of nitrogens with two attached hydrogens (primary N) is 1. The summed E-state index contributed by atoms with van der Waals surface area (Å²) in [5.41, 5.74) is 6.71. The molecule has 2 aliphatic rings. The Morgan fingerprint density at radius 3 is 2.67 bits per heavy atom. The second-order valence-electron chi connectivity index (χ2n) is 4.60. The summed E-state index contributed by atoms with van der Waals surface area (Å²) < 4.78 is 5.32. The van der Waals surface area contributed by atoms with Crippen LogP contribution in [0.5, 0.6) is 0 Å². The van der Waals surface area contributed by atoms with Crippen molar-refractivity contribution < 1.29 is 4.74 Å². The van der Waals surface area contributed by atoms with Gasteiger partial charge in [0.05, 0.1) is 13.2 Å². The third kappa shape index (κ3) is 2.44. The van der Waals surface area contributed by atoms with Gasteiger partial charge in [0, 0.05) is 19.1 Å². The minimum atomic E-state index is 0.230. The molecule has 3 N–H and O–H groups in total. The van der Waals surface area contributed by atoms with Gasteiger partial charge in [-0.3, -0.25) is 0 Å². The molecule has 0 aromatic carbocycles. The van der Waals surface area contributed by atoms with Crippen LogP contribution in [0.2, 0.25) is 5.28 Å². The average molecular weight is 270 g/mol. The zero-order chi connectivity index (χ0) is 12.5. The highest BCUT2D eigenvalue weighted by atomic mass is 35.5. The molecule has 1 saturated carbocycles. The lowest BCUT2D eigenvalue weighted by molar-refractivity contribution is 0.122. The van der Waals surface area contributed by atoms with Crippen molar-refractivity contribution in [2.75, 3.05) is 42.3 Å². The van der Waals surface area contributed by atoms with Gasteiger partial charge in [0.1, 0.15) is 5.69 Å². The van der Waals surface area contributed by atoms with Gasteiger partial charge in [-0.25, -0.2) is 0 Å². The Labute approximate surface area is 110 Å². The Morgan fingerprint density at radius 1 is 1.28 bits per heavy atom. The fourth-order valence-corrected chi connectivity index (χ4v) is 2.14. The third-order valence-corrected chi connectivity index (χ3v) is 3.30. The van der Waals surface area contributed by atoms with E-state index in [4.69, 9.17) is 22.1 Å². The highest BCUT2D eigenvalue weighted by Crippen LogP contribution is 2.32. The molecule has 0 atom stereocenters. The molecule has 2 heterocycles. The topological polar surface area (TPSA) is 76.3 Å². The molecule has 0 unspecified atom stereocenters. The van der Waals surface area contributed by atoms with Gasteiger partial charge in [-0.1, -0.05) is 0 Å². The molecule has 3 rings (SSSR count). The van der Waals surface area contributed by atoms with Crippen LogP contribution in [0.4, 0.5) is 17.3 Å². The van der Waals surface area contributed by atoms with E-state index < -0.39 is 0 Å². The van der Waals surface area contributed by atoms with Gasteiger partial charge < -0.3 is 20.7 Å². The van der Waals surface area contributed by atoms with E-state index >= 15 is 0 Å². The maximum absolute atomic E-state index is 6.13. The maximum Gasteiger partial charge on any atom is 0.226 e. The van der Waals surface area contributed by atoms with Crippen LogP contribution in [0.1, 0.15) is 12.8 Å². The number of hydrogen-bond donors (Lipinski definition) is 2. The van der Waals surface area contributed by atoms with Crippen molar-refractivity contribution in [2.45, 2.75) is 18.9 Å². The lowest BCUT2D eigenvalue weighted by Gasteiger charge is -2.29. The number of nitrogens with zero attached hydrogens (tertiary/aromatic N) is 3. The first-order chi connectivity index (χ1) is 8.74. The second-order valence-corrected chi connectivity index (χ2v) is 4.93. The first-order valence-corrected chi connectivity index (χ1v) is 6.54. The van der Waals surface area contributed by atoms with E-state index in [1.807, 2.05) is 0 Å². The number of anilines is 3. The largest absolute Gasteiger partial charge is 0.393 e. The molecule has 18 heavy (non-hydrogen) atoms. The lowest BCUT2D eigenvalue weighted by atomic mass is 10.3. The lowest BCUT2D eigenvalue weighted by Crippen LogP contribution is -2.37. The van der Waals surface area contributed by atoms with Gasteiger partial charge in [-0.15, -0.1) is 0 Å². The number of hydrogen-bond acceptors (Lipinski definition) is 6. The van der Waals surface area contributed by atoms with Crippen LogP contribution in [0.25, 0.3) is 0 Å². The Morgan fingerprint density at radius 2 is 2.00 bits per heavy atom. The Bertz CT molecular complexity index is 445. The van der Waals surface area contributed by atoms with E-state index in [9.17, 15) is 0 Å². The van der Waals surface area contributed by atoms with Crippen LogP contribution in [-0.4, -0.2) is 42.3 Å². The zero-order valence-corrected chi connectivity index (χ0v) is 10.8. The van der Waals surface area contributed by atoms with Gasteiger partial charge in [0.2, 0.25) is 5.28 Å². The van der Waals surface area contributed by atoms with Crippen LogP contribution >= 0.6 is 11.6 Å². The standard InChI is InChI=1S/C11H16ClN5O/c12-11-15-9(14-7-1-2-7)8(13)10(16-11)17-3-5-18-6-4-17/h7H,1-6,13H2,(H,14,15,16). The van der Waals surface area contributed by atoms with Gasteiger partial charge in [-0.2, -0.15) is 9.97 Å². The van der Waals surface area contributed by atoms with Crippen molar-refractivity contribution in [3.63, 3.8) is 0 Å². The quantitative estimate of drug-likeness (QED) is 0.801. The molecule has 6 nitrogen and oxygen atoms in total. The summed E-state index contributed by atoms with van der Waals surface area (Å²) in [6.45, 7) is 2.93. The van der Waals surface area contributed by atoms with Gasteiger partial charge >= 0.3 is 0 Å². The molecule has 0 radical (unpaired) electrons. The highest BCUT2D eigenvalue weighted by molar-refractivity contribution is 6.28. The molecular formula is C11H16ClN5O. The predicted octanol–water partition coefficient (Wildman–Crippen LogP) is 1.12. The fraction of sp³-hybridized carbons (Fsp3) is 0.636. The fourth-order valence-electron chi connectivity index (χ4n) is 1.98. The molecular weight excluding hydrogens is 254 g/mol. The maximum atomic E-state index is 6.13. The molecule has 0 bridgehead atoms. The summed E-state index contributed by atoms with van der Waals surface area (Å²) in [4.78, 5) is 10.5. The van der Waals surface area contributed by atoms with E-state index in [1.54, 1.807) is 0 Å². The number of halogens is 1. The smallest absolute Gasteiger partial charge is 0.226 e. The molecule has 1 aromatic heterocycles. The summed E-state index contributed by atoms with van der Waals surface area (Å²) in [6, 6.07) is 0.482. The molecule has 0 amide bonds. The highest BCUT2D eigenvalue weighted by Gasteiger charge is 2.25. The molecule has 1 aromatic rings. The number of morpholine rings is 1. The van der Waals surface area contributed by atoms with Crippen molar-refractivity contribution in [3.05, 3.63) is 5.28 Å². The first-order valence-electron chi connectivity index (χ1n) is 6.16. The van der Waals surface area contributed by atoms with E-state index in [-0.39, 0.29) is 5.28 Å². The van der Waals surface area contributed by atoms with E-state index in [0.717, 1.165) is 25.9 Å². The number of rotatable bonds is 3. The van der Waals surface area contributed by atoms with Crippen LogP contribution in [0.3, 0.4) is 0 Å². The molecule has 2 fully saturated rings. The monoisotopic (exact) mass is 269 g/mol. The third-order valence-electron chi connectivity index (χ3n) is 3.13. The minimum absolute atomic E-state index is 0.230. The Balaban J connectivity index is 1.88. The summed E-state index contributed by atoms with van der Waals surface area (Å²) >= 11 is 5.97. The average Bonchev–Trinajstić information content (AvgIpc) is 3.18. The summed E-state index contributed by atoms with van der Waals surface area (Å²) in [6.07, 6.45) is 2.32. The van der Waals surface area contributed by atoms with Crippen molar-refractivity contribution in [2.24, 2.45) is 0 Å². The van der Waals surface area contributed by atoms with Gasteiger partial charge in [0.15, 0.2) is 11.6 Å². The Hall–Kier alpha value is -1.27. The van der Waals surface area contributed by atoms with Crippen LogP contribution in [0.15, 0.2) is 0 Å². The summed E-state index contributed by atoms with van der Waals surface area (Å²) in [7, 11) is 0. The summed E-state index contributed by atoms with van der Waals surface area (Å²) in [5, 5.41) is 3.52. The first kappa shape index (κ1) is 11.8. The number of aromatic nitrogens is 2. The second kappa shape index (κ2) is 4.78. The summed E-state index contributed by atoms with van der Waals surface area (Å²) in [5.74, 6) is 1.36. The minimum Gasteiger partial charge on any atom is -0.393 e. The molecule has 1 saturated heterocycles. The van der Waals surface area contributed by atoms with Crippen molar-refractivity contribution in [3.8, 4) is 0 Å². The molecule has 7 heteroatoms. The zero-order valence-electron chi connectivity index (χ0n) is 10.0. The van der Waals surface area contributed by atoms with E-state index in [0.29, 0.717) is 36.6 Å². The number of nitrogens with one attached hydrogen (secondary N) is 1. The van der Waals surface area contributed by atoms with Crippen LogP contribution < -0.4 is 16.0 Å². The van der Waals surface area contributed by atoms with Crippen molar-refractivity contribution in [1.29, 1.82) is 0 Å². The van der Waals surface area contributed by atoms with Gasteiger partial charge in [0.25, 0.3) is 0 Å². The molecule has 1 aliphatic heterocycles. The van der Waals surface area contributed by atoms with E-state index in [2.05, 4.69) is 20.2 Å². The Kier molecular flexibility index (Phi) is 3.13. The van der Waals surface area contributed by atoms with Crippen molar-refractivity contribution >= 4 is 28.9 Å². The van der Waals surface area contributed by atoms with Crippen molar-refractivity contribution in [1.82, 2.24) is 9.97 Å². The van der Waals surface area contributed by atoms with Gasteiger partial charge in [-0.05, 0) is 24.4 Å². The molecule has 0 spiro atoms. The SMILES string of the molecule is Nc1c(NC2CC2)nc(Cl)nc1N1CCOCC1. The van der Waals surface area contributed by atoms with E-state index in [1.165, 1.54) is 0 Å². The van der Waals surface area contributed by atoms with Crippen LogP contribution in [-0.2, 0) is 4.74 Å². The molecule has 98 valence electrons. The predicted molar refractivity (Wildman–Crippen MR) is 71.1 cm³/mol. The molecule has 1 aliphatic carbocycles. The number of nitrogen functional groups attached to an aromatic ring is 1.